The first kappa shape index (κ1) is 73.7. The third kappa shape index (κ3) is 16.8. The molecule has 13 rings (SSSR count). The van der Waals surface area contributed by atoms with E-state index in [0.717, 1.165) is 81.3 Å². The lowest BCUT2D eigenvalue weighted by Crippen LogP contribution is -2.56. The minimum atomic E-state index is -2.17. The molecule has 103 heavy (non-hydrogen) atoms. The van der Waals surface area contributed by atoms with Crippen molar-refractivity contribution in [2.24, 2.45) is 5.73 Å². The van der Waals surface area contributed by atoms with Gasteiger partial charge in [-0.15, -0.1) is 0 Å². The zero-order valence-electron chi connectivity index (χ0n) is 56.4. The van der Waals surface area contributed by atoms with Gasteiger partial charge in [-0.25, -0.2) is 0 Å². The van der Waals surface area contributed by atoms with Gasteiger partial charge in [0.2, 0.25) is 47.1 Å². The first-order valence-corrected chi connectivity index (χ1v) is 34.5. The van der Waals surface area contributed by atoms with Crippen LogP contribution in [-0.2, 0) is 46.5 Å². The van der Waals surface area contributed by atoms with Gasteiger partial charge in [0.25, 0.3) is 0 Å². The molecule has 0 saturated carbocycles. The number of aliphatic hydroxyl groups excluding tert-OH is 1. The fourth-order valence-electron chi connectivity index (χ4n) is 12.8. The van der Waals surface area contributed by atoms with Crippen molar-refractivity contribution in [3.05, 3.63) is 164 Å². The van der Waals surface area contributed by atoms with Crippen molar-refractivity contribution in [1.82, 2.24) is 47.4 Å². The first-order chi connectivity index (χ1) is 49.3. The second kappa shape index (κ2) is 32.2. The maximum Gasteiger partial charge on any atom is 0.248 e. The molecule has 17 N–H and O–H groups in total. The lowest BCUT2D eigenvalue weighted by atomic mass is 9.87. The van der Waals surface area contributed by atoms with E-state index >= 15 is 24.0 Å². The van der Waals surface area contributed by atoms with Crippen molar-refractivity contribution < 1.29 is 83.5 Å². The lowest BCUT2D eigenvalue weighted by molar-refractivity contribution is -0.137. The SMILES string of the molecule is CCCCCCCCCCNCc1c(O)cc2c(c1O)-c1cc(ccc1O)C1NC(=O)C3NC(=O)C4NC(=O)C(Cc5ccc(c(Cl)c5)Oc5cc3cc(c5O)Oc3ccc(cc3Cl)C(O)C(NC1=O)C(=O)N[C@H]2C(=O)NCCCN(C)C)NC(=O)C(N)c1ccc(O)c(c1)Oc1cc(O)cc4c1. The molecule has 0 saturated heterocycles. The number of carbonyl (C=O) groups excluding carboxylic acids is 7. The van der Waals surface area contributed by atoms with Gasteiger partial charge in [0.1, 0.15) is 88.6 Å². The number of benzene rings is 7. The molecule has 0 aliphatic carbocycles. The molecule has 29 heteroatoms. The summed E-state index contributed by atoms with van der Waals surface area (Å²) in [4.78, 5) is 109. The van der Waals surface area contributed by atoms with Crippen molar-refractivity contribution in [3.8, 4) is 80.1 Å². The lowest BCUT2D eigenvalue weighted by Gasteiger charge is -2.32. The van der Waals surface area contributed by atoms with Crippen LogP contribution in [0.1, 0.15) is 146 Å². The van der Waals surface area contributed by atoms with Crippen LogP contribution in [0.25, 0.3) is 11.1 Å². The smallest absolute Gasteiger partial charge is 0.248 e. The molecule has 6 aliphatic rings. The van der Waals surface area contributed by atoms with Gasteiger partial charge in [-0.3, -0.25) is 33.6 Å². The second-order valence-corrected chi connectivity index (χ2v) is 26.9. The van der Waals surface area contributed by atoms with Crippen molar-refractivity contribution >= 4 is 64.6 Å². The summed E-state index contributed by atoms with van der Waals surface area (Å²) in [6.45, 7) is 3.04. The third-order valence-electron chi connectivity index (χ3n) is 18.3. The Balaban J connectivity index is 1.09. The number of phenolic OH excluding ortho intramolecular Hbond substituents is 6. The normalized spacial score (nSPS) is 20.3. The maximum absolute atomic E-state index is 16.1. The second-order valence-electron chi connectivity index (χ2n) is 26.1. The highest BCUT2D eigenvalue weighted by Gasteiger charge is 2.42. The summed E-state index contributed by atoms with van der Waals surface area (Å²) in [5, 5.41) is 106. The van der Waals surface area contributed by atoms with E-state index in [4.69, 9.17) is 43.1 Å². The molecule has 0 radical (unpaired) electrons. The number of ether oxygens (including phenoxy) is 3. The number of halogens is 2. The molecular weight excluding hydrogens is 1370 g/mol. The fraction of sp³-hybridized carbons (Fsp3) is 0.338. The summed E-state index contributed by atoms with van der Waals surface area (Å²) in [6.07, 6.45) is 6.28. The van der Waals surface area contributed by atoms with E-state index in [0.29, 0.717) is 25.1 Å². The summed E-state index contributed by atoms with van der Waals surface area (Å²) < 4.78 is 18.7. The zero-order valence-corrected chi connectivity index (χ0v) is 57.9. The van der Waals surface area contributed by atoms with Gasteiger partial charge in [-0.2, -0.15) is 0 Å². The summed E-state index contributed by atoms with van der Waals surface area (Å²) >= 11 is 13.9. The Morgan fingerprint density at radius 2 is 1.15 bits per heavy atom. The van der Waals surface area contributed by atoms with Crippen LogP contribution < -0.4 is 62.5 Å². The number of hydrogen-bond acceptors (Lipinski definition) is 20. The monoisotopic (exact) mass is 1450 g/mol. The van der Waals surface area contributed by atoms with Crippen LogP contribution in [0.5, 0.6) is 69.0 Å². The molecule has 0 aromatic heterocycles. The molecule has 27 nitrogen and oxygen atoms in total. The van der Waals surface area contributed by atoms with Gasteiger partial charge >= 0.3 is 0 Å². The highest BCUT2D eigenvalue weighted by atomic mass is 35.5. The Kier molecular flexibility index (Phi) is 23.0. The fourth-order valence-corrected chi connectivity index (χ4v) is 13.3. The highest BCUT2D eigenvalue weighted by Crippen LogP contribution is 2.49. The van der Waals surface area contributed by atoms with Crippen LogP contribution >= 0.6 is 23.2 Å². The van der Waals surface area contributed by atoms with E-state index in [1.54, 1.807) is 0 Å². The van der Waals surface area contributed by atoms with E-state index in [1.165, 1.54) is 79.2 Å². The minimum absolute atomic E-state index is 0.0484. The minimum Gasteiger partial charge on any atom is -0.508 e. The first-order valence-electron chi connectivity index (χ1n) is 33.8. The van der Waals surface area contributed by atoms with E-state index in [9.17, 15) is 45.3 Å². The summed E-state index contributed by atoms with van der Waals surface area (Å²) in [5.41, 5.74) is 5.09. The molecule has 7 unspecified atom stereocenters. The highest BCUT2D eigenvalue weighted by molar-refractivity contribution is 6.32. The Morgan fingerprint density at radius 3 is 1.83 bits per heavy atom. The Labute approximate surface area is 602 Å². The molecule has 7 aromatic rings. The van der Waals surface area contributed by atoms with Crippen molar-refractivity contribution in [2.75, 3.05) is 33.7 Å². The number of amides is 7. The number of aliphatic hydroxyl groups is 1. The summed E-state index contributed by atoms with van der Waals surface area (Å²) in [7, 11) is 3.66. The van der Waals surface area contributed by atoms with Gasteiger partial charge in [0.15, 0.2) is 23.0 Å². The molecule has 0 spiro atoms. The molecule has 17 bridgehead atoms. The molecule has 7 amide bonds. The topological polar surface area (TPSA) is 414 Å². The quantitative estimate of drug-likeness (QED) is 0.0405. The number of unbranched alkanes of at least 4 members (excludes halogenated alkanes) is 7. The molecule has 8 atom stereocenters. The van der Waals surface area contributed by atoms with Crippen LogP contribution in [0.2, 0.25) is 10.0 Å². The van der Waals surface area contributed by atoms with Crippen molar-refractivity contribution in [3.63, 3.8) is 0 Å². The molecular formula is C74H80Cl2N10O17. The summed E-state index contributed by atoms with van der Waals surface area (Å²) in [6, 6.07) is 8.82. The van der Waals surface area contributed by atoms with E-state index < -0.39 is 136 Å². The number of nitrogens with two attached hydrogens (primary N) is 1. The molecule has 0 fully saturated rings. The van der Waals surface area contributed by atoms with Crippen LogP contribution in [0, 0.1) is 0 Å². The number of carbonyl (C=O) groups is 7. The Morgan fingerprint density at radius 1 is 0.544 bits per heavy atom. The van der Waals surface area contributed by atoms with Gasteiger partial charge in [0.05, 0.1) is 15.6 Å². The molecule has 6 aliphatic heterocycles. The van der Waals surface area contributed by atoms with E-state index in [-0.39, 0.29) is 103 Å². The Bertz CT molecular complexity index is 4440. The number of fused-ring (bicyclic) bond motifs is 14. The van der Waals surface area contributed by atoms with Gasteiger partial charge < -0.3 is 103 Å². The van der Waals surface area contributed by atoms with Crippen LogP contribution in [0.4, 0.5) is 0 Å². The summed E-state index contributed by atoms with van der Waals surface area (Å²) in [5.74, 6) is -13.2. The van der Waals surface area contributed by atoms with E-state index in [1.807, 2.05) is 19.0 Å². The average molecular weight is 1450 g/mol. The Hall–Kier alpha value is -10.6. The van der Waals surface area contributed by atoms with Crippen molar-refractivity contribution in [1.29, 1.82) is 0 Å². The van der Waals surface area contributed by atoms with Crippen LogP contribution in [0.3, 0.4) is 0 Å². The van der Waals surface area contributed by atoms with Crippen LogP contribution in [0.15, 0.2) is 109 Å². The molecule has 542 valence electrons. The number of hydrogen-bond donors (Lipinski definition) is 16. The predicted octanol–water partition coefficient (Wildman–Crippen LogP) is 8.20. The largest absolute Gasteiger partial charge is 0.508 e. The predicted molar refractivity (Wildman–Crippen MR) is 378 cm³/mol. The van der Waals surface area contributed by atoms with Crippen LogP contribution in [-0.4, -0.2) is 128 Å². The molecule has 6 heterocycles. The number of nitrogens with zero attached hydrogens (tertiary/aromatic N) is 1. The number of aromatic hydroxyl groups is 6. The average Bonchev–Trinajstić information content (AvgIpc) is 0.757. The number of rotatable bonds is 16. The molecule has 7 aromatic carbocycles. The standard InChI is InChI=1S/C74H80Cl2N10O17/c1-4-5-6-7-8-9-10-11-21-78-35-46-52(90)34-45-58(66(46)92)44-28-38(15-17-50(44)88)60-71(97)85-64(74(100)84-63(45)70(96)79-22-12-23-86(2)3)65(91)39-16-20-54(48(76)29-39)103-57-32-41-31-56(67(57)93)102-53-19-13-36(24-47(53)75)25-49-68(94)81-61(72(98)83-62(41)73(99)82-60)40-26-42(87)33-43(27-40)101-55-30-37(14-18-51(55)89)59(77)69(95)80-49/h13-20,24,26-34,49,59-65,78,87-93H,4-12,21-23,25,35,77H2,1-3H3,(H,79,96)(H,80,95)(H,81,94)(H,82,99)(H,83,98)(H,84,100)(H,85,97)/t49?,59?,60?,61?,62?,63-,64?,65?/m1/s1. The number of nitrogens with one attached hydrogen (secondary N) is 8. The zero-order chi connectivity index (χ0) is 73.5. The maximum atomic E-state index is 16.1. The van der Waals surface area contributed by atoms with E-state index in [2.05, 4.69) is 49.5 Å². The van der Waals surface area contributed by atoms with Gasteiger partial charge in [-0.05, 0) is 158 Å². The number of phenols is 6. The third-order valence-corrected chi connectivity index (χ3v) is 18.9. The van der Waals surface area contributed by atoms with Gasteiger partial charge in [-0.1, -0.05) is 99.3 Å². The van der Waals surface area contributed by atoms with Gasteiger partial charge in [0, 0.05) is 36.7 Å². The van der Waals surface area contributed by atoms with Crippen molar-refractivity contribution in [2.45, 2.75) is 126 Å².